The summed E-state index contributed by atoms with van der Waals surface area (Å²) in [5, 5.41) is 8.22. The molecule has 0 radical (unpaired) electrons. The van der Waals surface area contributed by atoms with Crippen LogP contribution in [0.5, 0.6) is 0 Å². The maximum Gasteiger partial charge on any atom is 0.341 e. The molecule has 1 N–H and O–H groups in total. The molecule has 5 nitrogen and oxygen atoms in total. The van der Waals surface area contributed by atoms with Crippen LogP contribution >= 0.6 is 22.7 Å². The Hall–Kier alpha value is -1.73. The van der Waals surface area contributed by atoms with Crippen LogP contribution in [0.3, 0.4) is 0 Å². The summed E-state index contributed by atoms with van der Waals surface area (Å²) in [6, 6.07) is 0. The average Bonchev–Trinajstić information content (AvgIpc) is 3.14. The smallest absolute Gasteiger partial charge is 0.341 e. The zero-order chi connectivity index (χ0) is 16.4. The predicted molar refractivity (Wildman–Crippen MR) is 91.4 cm³/mol. The number of esters is 1. The average molecular weight is 350 g/mol. The molecule has 1 aliphatic rings. The Balaban J connectivity index is 1.76. The molecule has 0 saturated heterocycles. The Bertz CT molecular complexity index is 732. The summed E-state index contributed by atoms with van der Waals surface area (Å²) >= 11 is 2.91. The molecule has 2 heterocycles. The summed E-state index contributed by atoms with van der Waals surface area (Å²) in [6.07, 6.45) is 2.40. The van der Waals surface area contributed by atoms with E-state index in [-0.39, 0.29) is 18.3 Å². The van der Waals surface area contributed by atoms with Gasteiger partial charge >= 0.3 is 5.97 Å². The van der Waals surface area contributed by atoms with Crippen LogP contribution in [0.25, 0.3) is 0 Å². The van der Waals surface area contributed by atoms with Crippen molar-refractivity contribution in [3.05, 3.63) is 32.6 Å². The second-order valence-electron chi connectivity index (χ2n) is 5.47. The fourth-order valence-corrected chi connectivity index (χ4v) is 4.06. The van der Waals surface area contributed by atoms with Crippen LogP contribution in [0.15, 0.2) is 10.8 Å². The summed E-state index contributed by atoms with van der Waals surface area (Å²) in [7, 11) is 0. The van der Waals surface area contributed by atoms with E-state index < -0.39 is 0 Å². The number of ether oxygens (including phenoxy) is 1. The summed E-state index contributed by atoms with van der Waals surface area (Å²) in [5.74, 6) is -0.0852. The van der Waals surface area contributed by atoms with Gasteiger partial charge in [0, 0.05) is 5.38 Å². The van der Waals surface area contributed by atoms with E-state index in [1.807, 2.05) is 17.7 Å². The number of rotatable bonds is 6. The first kappa shape index (κ1) is 16.1. The standard InChI is InChI=1S/C16H18N2O3S2/c1-3-21-16(20)14-12(10-4-5-10)8-23-15(14)18-13(19)6-11-7-22-9(2)17-11/h7-8,10H,3-6H2,1-2H3,(H,18,19). The van der Waals surface area contributed by atoms with Crippen molar-refractivity contribution in [3.63, 3.8) is 0 Å². The largest absolute Gasteiger partial charge is 0.462 e. The minimum Gasteiger partial charge on any atom is -0.462 e. The Morgan fingerprint density at radius 3 is 2.74 bits per heavy atom. The van der Waals surface area contributed by atoms with Crippen molar-refractivity contribution >= 4 is 39.6 Å². The number of amides is 1. The van der Waals surface area contributed by atoms with Crippen molar-refractivity contribution in [2.24, 2.45) is 0 Å². The zero-order valence-corrected chi connectivity index (χ0v) is 14.7. The van der Waals surface area contributed by atoms with E-state index >= 15 is 0 Å². The van der Waals surface area contributed by atoms with Gasteiger partial charge in [0.05, 0.1) is 29.3 Å². The number of anilines is 1. The molecule has 3 rings (SSSR count). The monoisotopic (exact) mass is 350 g/mol. The summed E-state index contributed by atoms with van der Waals surface area (Å²) in [5.41, 5.74) is 2.29. The second-order valence-corrected chi connectivity index (χ2v) is 7.41. The summed E-state index contributed by atoms with van der Waals surface area (Å²) in [4.78, 5) is 28.8. The van der Waals surface area contributed by atoms with Crippen LogP contribution in [0.2, 0.25) is 0 Å². The van der Waals surface area contributed by atoms with Crippen molar-refractivity contribution in [1.82, 2.24) is 4.98 Å². The van der Waals surface area contributed by atoms with Gasteiger partial charge in [0.25, 0.3) is 0 Å². The highest BCUT2D eigenvalue weighted by molar-refractivity contribution is 7.15. The molecule has 7 heteroatoms. The predicted octanol–water partition coefficient (Wildman–Crippen LogP) is 3.75. The molecule has 1 fully saturated rings. The van der Waals surface area contributed by atoms with Gasteiger partial charge in [-0.05, 0) is 43.6 Å². The van der Waals surface area contributed by atoms with Gasteiger partial charge in [-0.1, -0.05) is 0 Å². The van der Waals surface area contributed by atoms with Gasteiger partial charge in [0.2, 0.25) is 5.91 Å². The molecular weight excluding hydrogens is 332 g/mol. The van der Waals surface area contributed by atoms with E-state index in [0.29, 0.717) is 23.1 Å². The maximum atomic E-state index is 12.2. The first-order valence-corrected chi connectivity index (χ1v) is 9.33. The molecule has 0 aliphatic heterocycles. The summed E-state index contributed by atoms with van der Waals surface area (Å²) < 4.78 is 5.15. The lowest BCUT2D eigenvalue weighted by atomic mass is 10.1. The van der Waals surface area contributed by atoms with Crippen LogP contribution in [-0.4, -0.2) is 23.5 Å². The second kappa shape index (κ2) is 6.80. The molecule has 2 aromatic heterocycles. The lowest BCUT2D eigenvalue weighted by Gasteiger charge is -2.07. The van der Waals surface area contributed by atoms with Gasteiger partial charge in [-0.2, -0.15) is 0 Å². The van der Waals surface area contributed by atoms with E-state index in [2.05, 4.69) is 10.3 Å². The molecule has 122 valence electrons. The quantitative estimate of drug-likeness (QED) is 0.806. The Labute approximate surface area is 142 Å². The van der Waals surface area contributed by atoms with Gasteiger partial charge < -0.3 is 10.1 Å². The molecule has 1 saturated carbocycles. The molecule has 1 amide bonds. The van der Waals surface area contributed by atoms with Crippen LogP contribution in [0.4, 0.5) is 5.00 Å². The van der Waals surface area contributed by atoms with Gasteiger partial charge in [0.15, 0.2) is 0 Å². The lowest BCUT2D eigenvalue weighted by Crippen LogP contribution is -2.17. The number of carbonyl (C=O) groups is 2. The first-order valence-electron chi connectivity index (χ1n) is 7.57. The molecule has 0 spiro atoms. The summed E-state index contributed by atoms with van der Waals surface area (Å²) in [6.45, 7) is 4.01. The first-order chi connectivity index (χ1) is 11.1. The van der Waals surface area contributed by atoms with E-state index in [1.165, 1.54) is 22.7 Å². The third kappa shape index (κ3) is 3.79. The number of nitrogens with zero attached hydrogens (tertiary/aromatic N) is 1. The van der Waals surface area contributed by atoms with Gasteiger partial charge in [-0.25, -0.2) is 9.78 Å². The van der Waals surface area contributed by atoms with Gasteiger partial charge in [-0.3, -0.25) is 4.79 Å². The highest BCUT2D eigenvalue weighted by Gasteiger charge is 2.32. The number of carbonyl (C=O) groups excluding carboxylic acids is 2. The molecule has 1 aliphatic carbocycles. The molecule has 0 bridgehead atoms. The minimum absolute atomic E-state index is 0.162. The number of thiophene rings is 1. The molecule has 0 aromatic carbocycles. The van der Waals surface area contributed by atoms with E-state index in [9.17, 15) is 9.59 Å². The number of aryl methyl sites for hydroxylation is 1. The van der Waals surface area contributed by atoms with Gasteiger partial charge in [-0.15, -0.1) is 22.7 Å². The topological polar surface area (TPSA) is 68.3 Å². The highest BCUT2D eigenvalue weighted by Crippen LogP contribution is 2.46. The Morgan fingerprint density at radius 1 is 1.35 bits per heavy atom. The Kier molecular flexibility index (Phi) is 4.77. The number of thiazole rings is 1. The number of aromatic nitrogens is 1. The van der Waals surface area contributed by atoms with Crippen molar-refractivity contribution < 1.29 is 14.3 Å². The number of nitrogens with one attached hydrogen (secondary N) is 1. The van der Waals surface area contributed by atoms with Crippen LogP contribution < -0.4 is 5.32 Å². The minimum atomic E-state index is -0.351. The number of hydrogen-bond acceptors (Lipinski definition) is 6. The fraction of sp³-hybridized carbons (Fsp3) is 0.438. The van der Waals surface area contributed by atoms with Crippen molar-refractivity contribution in [2.75, 3.05) is 11.9 Å². The van der Waals surface area contributed by atoms with Crippen molar-refractivity contribution in [2.45, 2.75) is 39.0 Å². The van der Waals surface area contributed by atoms with Crippen molar-refractivity contribution in [1.29, 1.82) is 0 Å². The van der Waals surface area contributed by atoms with Gasteiger partial charge in [0.1, 0.15) is 5.00 Å². The molecule has 2 aromatic rings. The number of hydrogen-bond donors (Lipinski definition) is 1. The third-order valence-electron chi connectivity index (χ3n) is 3.58. The molecule has 0 atom stereocenters. The normalized spacial score (nSPS) is 13.8. The third-order valence-corrected chi connectivity index (χ3v) is 5.31. The Morgan fingerprint density at radius 2 is 2.13 bits per heavy atom. The molecular formula is C16H18N2O3S2. The highest BCUT2D eigenvalue weighted by atomic mass is 32.1. The SMILES string of the molecule is CCOC(=O)c1c(C2CC2)csc1NC(=O)Cc1csc(C)n1. The zero-order valence-electron chi connectivity index (χ0n) is 13.0. The molecule has 0 unspecified atom stereocenters. The van der Waals surface area contributed by atoms with Crippen LogP contribution in [-0.2, 0) is 16.0 Å². The molecule has 23 heavy (non-hydrogen) atoms. The van der Waals surface area contributed by atoms with E-state index in [1.54, 1.807) is 6.92 Å². The van der Waals surface area contributed by atoms with E-state index in [0.717, 1.165) is 29.1 Å². The van der Waals surface area contributed by atoms with Crippen molar-refractivity contribution in [3.8, 4) is 0 Å². The maximum absolute atomic E-state index is 12.2. The van der Waals surface area contributed by atoms with Crippen LogP contribution in [0.1, 0.15) is 52.3 Å². The van der Waals surface area contributed by atoms with Crippen LogP contribution in [0, 0.1) is 6.92 Å². The fourth-order valence-electron chi connectivity index (χ4n) is 2.40. The lowest BCUT2D eigenvalue weighted by molar-refractivity contribution is -0.115. The van der Waals surface area contributed by atoms with E-state index in [4.69, 9.17) is 4.74 Å².